The first-order chi connectivity index (χ1) is 22.1. The Morgan fingerprint density at radius 2 is 1.72 bits per heavy atom. The largest absolute Gasteiger partial charge is 0.340 e. The molecule has 0 radical (unpaired) electrons. The van der Waals surface area contributed by atoms with Crippen LogP contribution in [0.2, 0.25) is 0 Å². The highest BCUT2D eigenvalue weighted by atomic mass is 19.3. The van der Waals surface area contributed by atoms with Gasteiger partial charge in [0.05, 0.1) is 22.8 Å². The van der Waals surface area contributed by atoms with Gasteiger partial charge in [0.1, 0.15) is 11.6 Å². The predicted octanol–water partition coefficient (Wildman–Crippen LogP) is 10.4. The fraction of sp³-hybridized carbons (Fsp3) is 0.579. The summed E-state index contributed by atoms with van der Waals surface area (Å²) in [7, 11) is 2.21. The van der Waals surface area contributed by atoms with Gasteiger partial charge in [-0.2, -0.15) is 0 Å². The Labute approximate surface area is 277 Å². The quantitative estimate of drug-likeness (QED) is 0.240. The van der Waals surface area contributed by atoms with Gasteiger partial charge in [0.2, 0.25) is 0 Å². The molecule has 1 atom stereocenters. The van der Waals surface area contributed by atoms with E-state index in [1.165, 1.54) is 30.5 Å². The van der Waals surface area contributed by atoms with Crippen molar-refractivity contribution in [2.24, 2.45) is 0 Å². The number of nitrogens with zero attached hydrogens (tertiary/aromatic N) is 5. The van der Waals surface area contributed by atoms with Gasteiger partial charge in [0, 0.05) is 48.6 Å². The van der Waals surface area contributed by atoms with E-state index < -0.39 is 6.43 Å². The molecule has 2 aliphatic rings. The number of benzene rings is 1. The van der Waals surface area contributed by atoms with Gasteiger partial charge in [-0.15, -0.1) is 0 Å². The Balaban J connectivity index is 0.000000299. The summed E-state index contributed by atoms with van der Waals surface area (Å²) in [5.74, 6) is 2.50. The molecule has 1 unspecified atom stereocenters. The standard InChI is InChI=1S/C25H37F2N3.C11H15N3.C2H6/c1-5-9-19(10-6-2)25-28-23(20-13-12-18(3)22(15-20)24(26)27)17-30(25)16-21-11-7-8-14-29(21)4;1-5-14-9(4)13-10-7(2)6-12-8(3)11(10)14;1-2/h12-13,15,17,19,21,24H,5-11,14,16H2,1-4H3;6,13H,4-5H2,1-3H3;1-2H3. The molecule has 2 aromatic heterocycles. The maximum Gasteiger partial charge on any atom is 0.264 e. The molecule has 0 bridgehead atoms. The molecule has 0 aliphatic carbocycles. The number of anilines is 2. The number of aromatic nitrogens is 3. The van der Waals surface area contributed by atoms with Crippen molar-refractivity contribution >= 4 is 11.4 Å². The molecule has 2 aliphatic heterocycles. The van der Waals surface area contributed by atoms with Crippen LogP contribution in [-0.2, 0) is 6.54 Å². The molecule has 4 heterocycles. The van der Waals surface area contributed by atoms with E-state index in [-0.39, 0.29) is 5.56 Å². The number of halogens is 2. The fourth-order valence-electron chi connectivity index (χ4n) is 6.65. The van der Waals surface area contributed by atoms with E-state index in [1.807, 2.05) is 33.0 Å². The highest BCUT2D eigenvalue weighted by molar-refractivity contribution is 5.84. The summed E-state index contributed by atoms with van der Waals surface area (Å²) < 4.78 is 29.2. The van der Waals surface area contributed by atoms with Gasteiger partial charge in [-0.05, 0) is 84.2 Å². The first kappa shape index (κ1) is 37.2. The second kappa shape index (κ2) is 17.6. The minimum atomic E-state index is -2.46. The van der Waals surface area contributed by atoms with Gasteiger partial charge in [-0.25, -0.2) is 13.8 Å². The molecule has 0 amide bonds. The van der Waals surface area contributed by atoms with Gasteiger partial charge in [-0.1, -0.05) is 65.7 Å². The SMILES string of the molecule is C=C1Nc2c(C)cnc(C)c2N1CC.CC.CCCC(CCC)c1nc(-c2ccc(C)c(C(F)F)c2)cn1CC1CCCCN1C. The smallest absolute Gasteiger partial charge is 0.264 e. The molecule has 1 aromatic carbocycles. The number of rotatable bonds is 10. The van der Waals surface area contributed by atoms with Crippen LogP contribution in [0.3, 0.4) is 0 Å². The Morgan fingerprint density at radius 1 is 1.02 bits per heavy atom. The van der Waals surface area contributed by atoms with E-state index in [1.54, 1.807) is 19.1 Å². The number of imidazole rings is 1. The van der Waals surface area contributed by atoms with Crippen molar-refractivity contribution in [2.45, 2.75) is 125 Å². The number of fused-ring (bicyclic) bond motifs is 1. The fourth-order valence-corrected chi connectivity index (χ4v) is 6.65. The highest BCUT2D eigenvalue weighted by Gasteiger charge is 2.26. The number of piperidine rings is 1. The van der Waals surface area contributed by atoms with Gasteiger partial charge >= 0.3 is 0 Å². The maximum absolute atomic E-state index is 13.5. The van der Waals surface area contributed by atoms with Gasteiger partial charge in [0.25, 0.3) is 6.43 Å². The summed E-state index contributed by atoms with van der Waals surface area (Å²) in [6.07, 6.45) is 9.75. The summed E-state index contributed by atoms with van der Waals surface area (Å²) in [4.78, 5) is 14.0. The van der Waals surface area contributed by atoms with E-state index >= 15 is 0 Å². The Morgan fingerprint density at radius 3 is 2.33 bits per heavy atom. The summed E-state index contributed by atoms with van der Waals surface area (Å²) in [6, 6.07) is 5.86. The van der Waals surface area contributed by atoms with Crippen molar-refractivity contribution in [3.8, 4) is 11.3 Å². The maximum atomic E-state index is 13.5. The third kappa shape index (κ3) is 8.75. The highest BCUT2D eigenvalue weighted by Crippen LogP contribution is 2.39. The summed E-state index contributed by atoms with van der Waals surface area (Å²) >= 11 is 0. The van der Waals surface area contributed by atoms with Crippen molar-refractivity contribution in [1.29, 1.82) is 0 Å². The molecule has 1 fully saturated rings. The Kier molecular flexibility index (Phi) is 14.2. The number of alkyl halides is 2. The number of nitrogens with one attached hydrogen (secondary N) is 1. The third-order valence-electron chi connectivity index (χ3n) is 9.19. The molecule has 46 heavy (non-hydrogen) atoms. The van der Waals surface area contributed by atoms with Crippen molar-refractivity contribution in [2.75, 3.05) is 30.4 Å². The molecule has 254 valence electrons. The topological polar surface area (TPSA) is 49.2 Å². The van der Waals surface area contributed by atoms with E-state index in [0.29, 0.717) is 17.5 Å². The lowest BCUT2D eigenvalue weighted by atomic mass is 9.97. The zero-order chi connectivity index (χ0) is 34.0. The molecular weight excluding hydrogens is 578 g/mol. The summed E-state index contributed by atoms with van der Waals surface area (Å²) in [5.41, 5.74) is 6.91. The number of hydrogen-bond donors (Lipinski definition) is 1. The van der Waals surface area contributed by atoms with Crippen LogP contribution in [0.15, 0.2) is 43.0 Å². The van der Waals surface area contributed by atoms with Crippen LogP contribution in [0.1, 0.15) is 120 Å². The number of aryl methyl sites for hydroxylation is 3. The van der Waals surface area contributed by atoms with Crippen molar-refractivity contribution in [1.82, 2.24) is 19.4 Å². The lowest BCUT2D eigenvalue weighted by Crippen LogP contribution is -2.39. The van der Waals surface area contributed by atoms with Crippen LogP contribution >= 0.6 is 0 Å². The molecule has 6 nitrogen and oxygen atoms in total. The van der Waals surface area contributed by atoms with Crippen LogP contribution in [-0.4, -0.2) is 45.6 Å². The summed E-state index contributed by atoms with van der Waals surface area (Å²) in [5, 5.41) is 3.30. The summed E-state index contributed by atoms with van der Waals surface area (Å²) in [6.45, 7) is 23.4. The molecular formula is C38H58F2N6. The first-order valence-electron chi connectivity index (χ1n) is 17.4. The van der Waals surface area contributed by atoms with Crippen LogP contribution in [0, 0.1) is 20.8 Å². The van der Waals surface area contributed by atoms with E-state index in [4.69, 9.17) is 4.98 Å². The number of pyridine rings is 1. The van der Waals surface area contributed by atoms with Gasteiger partial charge in [0.15, 0.2) is 0 Å². The zero-order valence-electron chi connectivity index (χ0n) is 29.9. The Hall–Kier alpha value is -3.26. The van der Waals surface area contributed by atoms with Crippen LogP contribution in [0.4, 0.5) is 20.2 Å². The van der Waals surface area contributed by atoms with Crippen LogP contribution in [0.25, 0.3) is 11.3 Å². The molecule has 8 heteroatoms. The normalized spacial score (nSPS) is 16.2. The van der Waals surface area contributed by atoms with Crippen LogP contribution in [0.5, 0.6) is 0 Å². The average molecular weight is 637 g/mol. The van der Waals surface area contributed by atoms with Crippen molar-refractivity contribution < 1.29 is 8.78 Å². The van der Waals surface area contributed by atoms with Gasteiger partial charge < -0.3 is 19.7 Å². The molecule has 1 N–H and O–H groups in total. The van der Waals surface area contributed by atoms with E-state index in [0.717, 1.165) is 79.6 Å². The molecule has 3 aromatic rings. The third-order valence-corrected chi connectivity index (χ3v) is 9.19. The van der Waals surface area contributed by atoms with Crippen LogP contribution < -0.4 is 10.2 Å². The molecule has 0 saturated carbocycles. The van der Waals surface area contributed by atoms with Crippen molar-refractivity contribution in [3.63, 3.8) is 0 Å². The molecule has 0 spiro atoms. The van der Waals surface area contributed by atoms with E-state index in [9.17, 15) is 8.78 Å². The minimum absolute atomic E-state index is 0.106. The lowest BCUT2D eigenvalue weighted by Gasteiger charge is -2.33. The first-order valence-corrected chi connectivity index (χ1v) is 17.4. The number of likely N-dealkylation sites (tertiary alicyclic amines) is 1. The molecule has 1 saturated heterocycles. The van der Waals surface area contributed by atoms with Gasteiger partial charge in [-0.3, -0.25) is 4.98 Å². The zero-order valence-corrected chi connectivity index (χ0v) is 29.9. The average Bonchev–Trinajstić information content (AvgIpc) is 3.62. The molecule has 5 rings (SSSR count). The Bertz CT molecular complexity index is 1410. The van der Waals surface area contributed by atoms with Crippen molar-refractivity contribution in [3.05, 3.63) is 71.2 Å². The lowest BCUT2D eigenvalue weighted by molar-refractivity contribution is 0.150. The second-order valence-electron chi connectivity index (χ2n) is 12.5. The number of hydrogen-bond acceptors (Lipinski definition) is 5. The monoisotopic (exact) mass is 636 g/mol. The van der Waals surface area contributed by atoms with E-state index in [2.05, 4.69) is 72.2 Å². The minimum Gasteiger partial charge on any atom is -0.340 e. The number of likely N-dealkylation sites (N-methyl/N-ethyl adjacent to an activating group) is 1. The second-order valence-corrected chi connectivity index (χ2v) is 12.5. The predicted molar refractivity (Wildman–Crippen MR) is 191 cm³/mol.